The maximum absolute atomic E-state index is 13.1. The lowest BCUT2D eigenvalue weighted by atomic mass is 10.1. The van der Waals surface area contributed by atoms with Crippen molar-refractivity contribution in [2.24, 2.45) is 0 Å². The summed E-state index contributed by atoms with van der Waals surface area (Å²) in [4.78, 5) is 21.8. The van der Waals surface area contributed by atoms with Gasteiger partial charge in [-0.05, 0) is 31.5 Å². The maximum atomic E-state index is 13.1. The molecular weight excluding hydrogens is 390 g/mol. The van der Waals surface area contributed by atoms with Gasteiger partial charge in [0.25, 0.3) is 5.91 Å². The second kappa shape index (κ2) is 7.49. The number of nitrogens with one attached hydrogen (secondary N) is 1. The van der Waals surface area contributed by atoms with Crippen LogP contribution in [0.1, 0.15) is 21.5 Å². The van der Waals surface area contributed by atoms with E-state index in [9.17, 15) is 4.79 Å². The predicted octanol–water partition coefficient (Wildman–Crippen LogP) is 3.85. The van der Waals surface area contributed by atoms with E-state index in [1.165, 1.54) is 6.20 Å². The molecule has 8 heteroatoms. The van der Waals surface area contributed by atoms with Crippen molar-refractivity contribution in [1.82, 2.24) is 29.4 Å². The summed E-state index contributed by atoms with van der Waals surface area (Å²) in [7, 11) is 0. The number of benzene rings is 1. The Morgan fingerprint density at radius 3 is 2.55 bits per heavy atom. The number of nitrogens with zero attached hydrogens (tertiary/aromatic N) is 6. The summed E-state index contributed by atoms with van der Waals surface area (Å²) in [6.45, 7) is 4.01. The van der Waals surface area contributed by atoms with Gasteiger partial charge >= 0.3 is 0 Å². The molecule has 0 aliphatic rings. The molecule has 0 bridgehead atoms. The number of fused-ring (bicyclic) bond motifs is 1. The van der Waals surface area contributed by atoms with E-state index < -0.39 is 0 Å². The van der Waals surface area contributed by atoms with Gasteiger partial charge in [0.05, 0.1) is 11.9 Å². The summed E-state index contributed by atoms with van der Waals surface area (Å²) >= 11 is 0. The lowest BCUT2D eigenvalue weighted by Crippen LogP contribution is -2.15. The summed E-state index contributed by atoms with van der Waals surface area (Å²) < 4.78 is 3.19. The highest BCUT2D eigenvalue weighted by atomic mass is 16.1. The van der Waals surface area contributed by atoms with E-state index in [2.05, 4.69) is 20.4 Å². The Kier molecular flexibility index (Phi) is 4.51. The number of anilines is 1. The van der Waals surface area contributed by atoms with Crippen LogP contribution >= 0.6 is 0 Å². The van der Waals surface area contributed by atoms with Crippen molar-refractivity contribution < 1.29 is 4.79 Å². The van der Waals surface area contributed by atoms with Gasteiger partial charge in [0, 0.05) is 30.2 Å². The minimum atomic E-state index is -0.322. The molecule has 1 aromatic carbocycles. The number of aryl methyl sites for hydroxylation is 2. The first-order valence-corrected chi connectivity index (χ1v) is 9.78. The molecule has 0 fully saturated rings. The Morgan fingerprint density at radius 1 is 0.968 bits per heavy atom. The highest BCUT2D eigenvalue weighted by Crippen LogP contribution is 2.25. The first-order chi connectivity index (χ1) is 15.1. The molecule has 0 unspecified atom stereocenters. The molecule has 0 aliphatic carbocycles. The van der Waals surface area contributed by atoms with E-state index in [0.29, 0.717) is 22.8 Å². The molecule has 4 heterocycles. The van der Waals surface area contributed by atoms with Gasteiger partial charge in [-0.1, -0.05) is 35.9 Å². The van der Waals surface area contributed by atoms with Gasteiger partial charge in [-0.2, -0.15) is 14.9 Å². The van der Waals surface area contributed by atoms with Crippen molar-refractivity contribution in [3.63, 3.8) is 0 Å². The Labute approximate surface area is 178 Å². The second-order valence-corrected chi connectivity index (χ2v) is 7.29. The third kappa shape index (κ3) is 3.55. The lowest BCUT2D eigenvalue weighted by Gasteiger charge is -2.07. The number of hydrogen-bond donors (Lipinski definition) is 1. The van der Waals surface area contributed by atoms with Gasteiger partial charge < -0.3 is 5.32 Å². The van der Waals surface area contributed by atoms with E-state index in [4.69, 9.17) is 5.10 Å². The van der Waals surface area contributed by atoms with Crippen LogP contribution in [0.5, 0.6) is 0 Å². The first kappa shape index (κ1) is 18.7. The molecule has 0 aliphatic heterocycles. The predicted molar refractivity (Wildman–Crippen MR) is 117 cm³/mol. The zero-order valence-electron chi connectivity index (χ0n) is 17.0. The van der Waals surface area contributed by atoms with Gasteiger partial charge in [0.2, 0.25) is 0 Å². The van der Waals surface area contributed by atoms with Gasteiger partial charge in [-0.15, -0.1) is 0 Å². The summed E-state index contributed by atoms with van der Waals surface area (Å²) in [6.07, 6.45) is 6.64. The highest BCUT2D eigenvalue weighted by Gasteiger charge is 2.18. The van der Waals surface area contributed by atoms with Crippen LogP contribution in [-0.4, -0.2) is 35.3 Å². The van der Waals surface area contributed by atoms with Gasteiger partial charge in [-0.3, -0.25) is 4.79 Å². The number of hydrogen-bond acceptors (Lipinski definition) is 5. The lowest BCUT2D eigenvalue weighted by molar-refractivity contribution is 0.102. The molecule has 0 saturated carbocycles. The van der Waals surface area contributed by atoms with E-state index in [1.807, 2.05) is 56.3 Å². The van der Waals surface area contributed by atoms with Crippen LogP contribution in [0.15, 0.2) is 73.3 Å². The largest absolute Gasteiger partial charge is 0.306 e. The minimum absolute atomic E-state index is 0.322. The van der Waals surface area contributed by atoms with Crippen LogP contribution in [0, 0.1) is 13.8 Å². The third-order valence-electron chi connectivity index (χ3n) is 4.93. The van der Waals surface area contributed by atoms with Crippen molar-refractivity contribution in [3.05, 3.63) is 90.0 Å². The van der Waals surface area contributed by atoms with Crippen LogP contribution in [0.4, 0.5) is 5.82 Å². The maximum Gasteiger partial charge on any atom is 0.262 e. The molecule has 0 saturated heterocycles. The number of carbonyl (C=O) groups is 1. The summed E-state index contributed by atoms with van der Waals surface area (Å²) in [5, 5.41) is 11.8. The summed E-state index contributed by atoms with van der Waals surface area (Å²) in [6, 6.07) is 15.5. The van der Waals surface area contributed by atoms with Crippen LogP contribution in [0.3, 0.4) is 0 Å². The SMILES string of the molecule is Cc1ccc(-c2cc(NC(=O)c3cnn4cccnc34)n(-c3ccc(C)cn3)n2)cc1. The van der Waals surface area contributed by atoms with Crippen LogP contribution in [0.25, 0.3) is 22.7 Å². The molecule has 0 atom stereocenters. The fourth-order valence-corrected chi connectivity index (χ4v) is 3.27. The Hall–Kier alpha value is -4.33. The molecule has 1 N–H and O–H groups in total. The highest BCUT2D eigenvalue weighted by molar-refractivity contribution is 6.08. The topological polar surface area (TPSA) is 90.0 Å². The summed E-state index contributed by atoms with van der Waals surface area (Å²) in [5.41, 5.74) is 4.75. The van der Waals surface area contributed by atoms with Crippen molar-refractivity contribution >= 4 is 17.4 Å². The van der Waals surface area contributed by atoms with E-state index in [1.54, 1.807) is 33.9 Å². The van der Waals surface area contributed by atoms with Crippen molar-refractivity contribution in [2.45, 2.75) is 13.8 Å². The Bertz CT molecular complexity index is 1380. The number of rotatable bonds is 4. The fraction of sp³-hybridized carbons (Fsp3) is 0.0870. The van der Waals surface area contributed by atoms with Gasteiger partial charge in [0.1, 0.15) is 11.4 Å². The molecule has 8 nitrogen and oxygen atoms in total. The number of aromatic nitrogens is 6. The molecule has 31 heavy (non-hydrogen) atoms. The van der Waals surface area contributed by atoms with Gasteiger partial charge in [0.15, 0.2) is 11.5 Å². The van der Waals surface area contributed by atoms with Crippen molar-refractivity contribution in [1.29, 1.82) is 0 Å². The second-order valence-electron chi connectivity index (χ2n) is 7.29. The molecule has 4 aromatic heterocycles. The van der Waals surface area contributed by atoms with Gasteiger partial charge in [-0.25, -0.2) is 14.5 Å². The average Bonchev–Trinajstić information content (AvgIpc) is 3.39. The first-order valence-electron chi connectivity index (χ1n) is 9.78. The zero-order valence-corrected chi connectivity index (χ0v) is 17.0. The Morgan fingerprint density at radius 2 is 1.77 bits per heavy atom. The molecule has 5 aromatic rings. The van der Waals surface area contributed by atoms with Crippen molar-refractivity contribution in [2.75, 3.05) is 5.32 Å². The van der Waals surface area contributed by atoms with Crippen LogP contribution < -0.4 is 5.32 Å². The quantitative estimate of drug-likeness (QED) is 0.487. The molecule has 152 valence electrons. The van der Waals surface area contributed by atoms with Crippen LogP contribution in [0.2, 0.25) is 0 Å². The molecule has 1 amide bonds. The molecule has 0 radical (unpaired) electrons. The fourth-order valence-electron chi connectivity index (χ4n) is 3.27. The molecular formula is C23H19N7O. The molecule has 0 spiro atoms. The molecule has 5 rings (SSSR count). The minimum Gasteiger partial charge on any atom is -0.306 e. The zero-order chi connectivity index (χ0) is 21.4. The van der Waals surface area contributed by atoms with E-state index in [-0.39, 0.29) is 5.91 Å². The normalized spacial score (nSPS) is 11.0. The number of pyridine rings is 1. The number of carbonyl (C=O) groups excluding carboxylic acids is 1. The van der Waals surface area contributed by atoms with Crippen LogP contribution in [-0.2, 0) is 0 Å². The van der Waals surface area contributed by atoms with E-state index >= 15 is 0 Å². The standard InChI is InChI=1S/C23H19N7O/c1-15-4-7-17(8-5-15)19-12-21(30(28-19)20-9-6-16(2)13-25-20)27-23(31)18-14-26-29-11-3-10-24-22(18)29/h3-14H,1-2H3,(H,27,31). The Balaban J connectivity index is 1.56. The monoisotopic (exact) mass is 409 g/mol. The summed E-state index contributed by atoms with van der Waals surface area (Å²) in [5.74, 6) is 0.793. The van der Waals surface area contributed by atoms with Crippen molar-refractivity contribution in [3.8, 4) is 17.1 Å². The average molecular weight is 409 g/mol. The third-order valence-corrected chi connectivity index (χ3v) is 4.93. The van der Waals surface area contributed by atoms with E-state index in [0.717, 1.165) is 22.4 Å². The number of amides is 1. The smallest absolute Gasteiger partial charge is 0.262 e.